The molecule has 0 aliphatic carbocycles. The molecule has 0 aliphatic heterocycles. The summed E-state index contributed by atoms with van der Waals surface area (Å²) in [6.45, 7) is 4.42. The molecule has 0 amide bonds. The van der Waals surface area contributed by atoms with Gasteiger partial charge in [0.15, 0.2) is 0 Å². The third-order valence-corrected chi connectivity index (χ3v) is 7.40. The Morgan fingerprint density at radius 3 is 1.63 bits per heavy atom. The molecule has 0 aromatic rings. The van der Waals surface area contributed by atoms with Crippen molar-refractivity contribution in [3.63, 3.8) is 0 Å². The maximum absolute atomic E-state index is 10.8. The smallest absolute Gasteiger partial charge is 0.378 e. The highest BCUT2D eigenvalue weighted by Gasteiger charge is 2.18. The first-order valence-electron chi connectivity index (χ1n) is 12.2. The van der Waals surface area contributed by atoms with E-state index in [2.05, 4.69) is 18.4 Å². The van der Waals surface area contributed by atoms with Gasteiger partial charge in [-0.3, -0.25) is 4.52 Å². The summed E-state index contributed by atoms with van der Waals surface area (Å²) in [5.74, 6) is 0.691. The molecule has 0 saturated heterocycles. The van der Waals surface area contributed by atoms with Crippen LogP contribution in [0.1, 0.15) is 117 Å². The van der Waals surface area contributed by atoms with E-state index in [4.69, 9.17) is 14.5 Å². The summed E-state index contributed by atoms with van der Waals surface area (Å²) < 4.78 is 20.5. The fraction of sp³-hybridized carbons (Fsp3) is 1.00. The second-order valence-electron chi connectivity index (χ2n) is 8.53. The lowest BCUT2D eigenvalue weighted by Crippen LogP contribution is -2.21. The van der Waals surface area contributed by atoms with Gasteiger partial charge in [0.1, 0.15) is 0 Å². The Balaban J connectivity index is 3.38. The Bertz CT molecular complexity index is 405. The van der Waals surface area contributed by atoms with E-state index in [1.807, 2.05) is 0 Å². The van der Waals surface area contributed by atoms with Crippen LogP contribution in [0.25, 0.3) is 0 Å². The quantitative estimate of drug-likeness (QED) is 0.119. The van der Waals surface area contributed by atoms with Gasteiger partial charge in [0.05, 0.1) is 12.7 Å². The number of hydrogen-bond acceptors (Lipinski definition) is 4. The van der Waals surface area contributed by atoms with E-state index in [-0.39, 0.29) is 12.7 Å². The fourth-order valence-corrected chi connectivity index (χ4v) is 4.99. The zero-order valence-electron chi connectivity index (χ0n) is 19.9. The number of phosphoric acid groups is 1. The van der Waals surface area contributed by atoms with E-state index in [9.17, 15) is 4.57 Å². The van der Waals surface area contributed by atoms with Crippen LogP contribution in [0.2, 0.25) is 0 Å². The molecule has 0 spiro atoms. The van der Waals surface area contributed by atoms with Crippen LogP contribution in [0.15, 0.2) is 0 Å². The van der Waals surface area contributed by atoms with Crippen molar-refractivity contribution < 1.29 is 23.6 Å². The zero-order valence-corrected chi connectivity index (χ0v) is 21.6. The van der Waals surface area contributed by atoms with Gasteiger partial charge in [-0.1, -0.05) is 110 Å². The van der Waals surface area contributed by atoms with Gasteiger partial charge in [-0.15, -0.1) is 0 Å². The predicted octanol–water partition coefficient (Wildman–Crippen LogP) is 7.49. The molecule has 0 rings (SSSR count). The lowest BCUT2D eigenvalue weighted by molar-refractivity contribution is 0.0604. The standard InChI is InChI=1S/C23H49O5PS/c1-4-5-6-7-8-9-10-11-12-13-14-15-16-17-18-19-22(2)30-21-23(27-3)20-28-29(24,25)26/h22-23H,4-21H2,1-3H3,(H2,24,25,26). The third-order valence-electron chi connectivity index (χ3n) is 5.54. The van der Waals surface area contributed by atoms with Crippen LogP contribution in [-0.2, 0) is 13.8 Å². The van der Waals surface area contributed by atoms with Gasteiger partial charge in [-0.25, -0.2) is 4.57 Å². The number of thioether (sulfide) groups is 1. The van der Waals surface area contributed by atoms with Crippen LogP contribution >= 0.6 is 19.6 Å². The van der Waals surface area contributed by atoms with E-state index < -0.39 is 7.82 Å². The number of ether oxygens (including phenoxy) is 1. The SMILES string of the molecule is CCCCCCCCCCCCCCCCCC(C)SCC(COP(=O)(O)O)OC. The van der Waals surface area contributed by atoms with Gasteiger partial charge >= 0.3 is 7.82 Å². The number of phosphoric ester groups is 1. The van der Waals surface area contributed by atoms with E-state index >= 15 is 0 Å². The van der Waals surface area contributed by atoms with E-state index in [1.165, 1.54) is 103 Å². The van der Waals surface area contributed by atoms with Crippen LogP contribution in [0.4, 0.5) is 0 Å². The van der Waals surface area contributed by atoms with Gasteiger partial charge in [-0.2, -0.15) is 11.8 Å². The van der Waals surface area contributed by atoms with E-state index in [0.29, 0.717) is 11.0 Å². The van der Waals surface area contributed by atoms with Crippen LogP contribution in [-0.4, -0.2) is 40.6 Å². The van der Waals surface area contributed by atoms with Crippen molar-refractivity contribution in [1.29, 1.82) is 0 Å². The van der Waals surface area contributed by atoms with E-state index in [1.54, 1.807) is 18.9 Å². The predicted molar refractivity (Wildman–Crippen MR) is 130 cm³/mol. The van der Waals surface area contributed by atoms with Crippen LogP contribution in [0, 0.1) is 0 Å². The molecule has 2 unspecified atom stereocenters. The largest absolute Gasteiger partial charge is 0.469 e. The minimum absolute atomic E-state index is 0.0700. The minimum atomic E-state index is -4.42. The van der Waals surface area contributed by atoms with Gasteiger partial charge in [-0.05, 0) is 6.42 Å². The molecule has 0 aliphatic rings. The number of hydrogen-bond donors (Lipinski definition) is 2. The molecule has 0 saturated carbocycles. The summed E-state index contributed by atoms with van der Waals surface area (Å²) in [4.78, 5) is 17.5. The Morgan fingerprint density at radius 2 is 1.23 bits per heavy atom. The second-order valence-corrected chi connectivity index (χ2v) is 11.2. The molecule has 30 heavy (non-hydrogen) atoms. The molecule has 2 atom stereocenters. The molecule has 5 nitrogen and oxygen atoms in total. The van der Waals surface area contributed by atoms with Crippen molar-refractivity contribution in [3.05, 3.63) is 0 Å². The Kier molecular flexibility index (Phi) is 21.6. The normalized spacial score (nSPS) is 14.2. The summed E-state index contributed by atoms with van der Waals surface area (Å²) in [5, 5.41) is 0.527. The summed E-state index contributed by atoms with van der Waals surface area (Å²) in [6, 6.07) is 0. The first-order valence-corrected chi connectivity index (χ1v) is 14.8. The molecule has 0 radical (unpaired) electrons. The van der Waals surface area contributed by atoms with Crippen molar-refractivity contribution in [1.82, 2.24) is 0 Å². The third kappa shape index (κ3) is 23.1. The van der Waals surface area contributed by atoms with Crippen molar-refractivity contribution in [2.75, 3.05) is 19.5 Å². The molecule has 0 heterocycles. The first-order chi connectivity index (χ1) is 14.4. The number of rotatable bonds is 23. The number of unbranched alkanes of at least 4 members (excludes halogenated alkanes) is 14. The molecule has 182 valence electrons. The summed E-state index contributed by atoms with van der Waals surface area (Å²) in [5.41, 5.74) is 0. The van der Waals surface area contributed by atoms with Crippen molar-refractivity contribution in [2.45, 2.75) is 128 Å². The van der Waals surface area contributed by atoms with Gasteiger partial charge in [0, 0.05) is 18.1 Å². The lowest BCUT2D eigenvalue weighted by Gasteiger charge is -2.18. The van der Waals surface area contributed by atoms with Crippen LogP contribution in [0.3, 0.4) is 0 Å². The topological polar surface area (TPSA) is 76.0 Å². The van der Waals surface area contributed by atoms with Gasteiger partial charge in [0.25, 0.3) is 0 Å². The molecular formula is C23H49O5PS. The highest BCUT2D eigenvalue weighted by Crippen LogP contribution is 2.36. The van der Waals surface area contributed by atoms with Crippen LogP contribution in [0.5, 0.6) is 0 Å². The lowest BCUT2D eigenvalue weighted by atomic mass is 10.0. The van der Waals surface area contributed by atoms with E-state index in [0.717, 1.165) is 0 Å². The maximum atomic E-state index is 10.8. The second kappa shape index (κ2) is 21.3. The number of methoxy groups -OCH3 is 1. The average Bonchev–Trinajstić information content (AvgIpc) is 2.70. The Labute approximate surface area is 190 Å². The van der Waals surface area contributed by atoms with Crippen molar-refractivity contribution in [3.8, 4) is 0 Å². The average molecular weight is 469 g/mol. The zero-order chi connectivity index (χ0) is 22.5. The molecule has 7 heteroatoms. The highest BCUT2D eigenvalue weighted by molar-refractivity contribution is 7.99. The maximum Gasteiger partial charge on any atom is 0.469 e. The minimum Gasteiger partial charge on any atom is -0.378 e. The Hall–Kier alpha value is 0.420. The van der Waals surface area contributed by atoms with Crippen LogP contribution < -0.4 is 0 Å². The molecule has 0 fully saturated rings. The molecule has 2 N–H and O–H groups in total. The monoisotopic (exact) mass is 468 g/mol. The van der Waals surface area contributed by atoms with Gasteiger partial charge < -0.3 is 14.5 Å². The van der Waals surface area contributed by atoms with Crippen molar-refractivity contribution in [2.24, 2.45) is 0 Å². The fourth-order valence-electron chi connectivity index (χ4n) is 3.52. The molecular weight excluding hydrogens is 419 g/mol. The summed E-state index contributed by atoms with van der Waals surface area (Å²) >= 11 is 1.79. The van der Waals surface area contributed by atoms with Crippen molar-refractivity contribution >= 4 is 19.6 Å². The summed E-state index contributed by atoms with van der Waals surface area (Å²) in [7, 11) is -2.87. The highest BCUT2D eigenvalue weighted by atomic mass is 32.2. The first kappa shape index (κ1) is 30.4. The molecule has 0 aromatic heterocycles. The molecule has 0 aromatic carbocycles. The van der Waals surface area contributed by atoms with Gasteiger partial charge in [0.2, 0.25) is 0 Å². The molecule has 0 bridgehead atoms. The Morgan fingerprint density at radius 1 is 0.800 bits per heavy atom. The summed E-state index contributed by atoms with van der Waals surface area (Å²) in [6.07, 6.45) is 21.7.